The summed E-state index contributed by atoms with van der Waals surface area (Å²) in [5.74, 6) is 0.710. The van der Waals surface area contributed by atoms with Crippen LogP contribution in [0, 0.1) is 5.92 Å². The molecule has 2 heteroatoms. The second-order valence-corrected chi connectivity index (χ2v) is 7.35. The van der Waals surface area contributed by atoms with Gasteiger partial charge in [-0.1, -0.05) is 66.7 Å². The van der Waals surface area contributed by atoms with Gasteiger partial charge in [-0.2, -0.15) is 0 Å². The Bertz CT molecular complexity index is 647. The molecular formula is C24H29NO. The molecule has 0 unspecified atom stereocenters. The van der Waals surface area contributed by atoms with Gasteiger partial charge in [-0.05, 0) is 36.8 Å². The number of rotatable bonds is 10. The first-order valence-electron chi connectivity index (χ1n) is 9.71. The van der Waals surface area contributed by atoms with Crippen LogP contribution < -0.4 is 0 Å². The lowest BCUT2D eigenvalue weighted by molar-refractivity contribution is -0.127. The maximum atomic E-state index is 12.3. The van der Waals surface area contributed by atoms with E-state index in [1.807, 2.05) is 6.08 Å². The molecule has 0 radical (unpaired) electrons. The predicted octanol–water partition coefficient (Wildman–Crippen LogP) is 5.39. The van der Waals surface area contributed by atoms with Crippen molar-refractivity contribution >= 4 is 5.78 Å². The second-order valence-electron chi connectivity index (χ2n) is 7.35. The van der Waals surface area contributed by atoms with Crippen molar-refractivity contribution in [1.82, 2.24) is 4.90 Å². The van der Waals surface area contributed by atoms with E-state index in [0.717, 1.165) is 38.8 Å². The Morgan fingerprint density at radius 1 is 0.962 bits per heavy atom. The zero-order chi connectivity index (χ0) is 18.2. The lowest BCUT2D eigenvalue weighted by atomic mass is 9.75. The van der Waals surface area contributed by atoms with E-state index >= 15 is 0 Å². The van der Waals surface area contributed by atoms with Crippen LogP contribution in [0.4, 0.5) is 0 Å². The Kier molecular flexibility index (Phi) is 6.79. The molecule has 1 fully saturated rings. The molecule has 0 heterocycles. The third-order valence-corrected chi connectivity index (χ3v) is 5.37. The van der Waals surface area contributed by atoms with E-state index in [1.54, 1.807) is 0 Å². The van der Waals surface area contributed by atoms with Gasteiger partial charge >= 0.3 is 0 Å². The Morgan fingerprint density at radius 2 is 1.50 bits per heavy atom. The molecular weight excluding hydrogens is 318 g/mol. The first-order chi connectivity index (χ1) is 12.8. The molecule has 2 nitrogen and oxygen atoms in total. The topological polar surface area (TPSA) is 20.3 Å². The number of hydrogen-bond acceptors (Lipinski definition) is 2. The molecule has 3 rings (SSSR count). The first-order valence-corrected chi connectivity index (χ1v) is 9.71. The lowest BCUT2D eigenvalue weighted by Gasteiger charge is -2.42. The van der Waals surface area contributed by atoms with Gasteiger partial charge in [-0.3, -0.25) is 9.69 Å². The molecule has 1 aliphatic rings. The van der Waals surface area contributed by atoms with Crippen LogP contribution in [-0.4, -0.2) is 16.7 Å². The van der Waals surface area contributed by atoms with Crippen LogP contribution in [0.25, 0.3) is 0 Å². The van der Waals surface area contributed by atoms with E-state index in [2.05, 4.69) is 72.1 Å². The van der Waals surface area contributed by atoms with E-state index in [1.165, 1.54) is 11.1 Å². The number of ketones is 1. The van der Waals surface area contributed by atoms with Crippen LogP contribution in [-0.2, 0) is 17.9 Å². The third-order valence-electron chi connectivity index (χ3n) is 5.37. The summed E-state index contributed by atoms with van der Waals surface area (Å²) in [5.41, 5.74) is 2.67. The average Bonchev–Trinajstić information content (AvgIpc) is 2.62. The van der Waals surface area contributed by atoms with E-state index in [4.69, 9.17) is 0 Å². The van der Waals surface area contributed by atoms with E-state index in [9.17, 15) is 4.79 Å². The average molecular weight is 348 g/mol. The highest BCUT2D eigenvalue weighted by Crippen LogP contribution is 2.35. The van der Waals surface area contributed by atoms with Crippen molar-refractivity contribution in [2.75, 3.05) is 0 Å². The number of carbonyl (C=O) groups is 1. The minimum atomic E-state index is 0.263. The minimum absolute atomic E-state index is 0.263. The molecule has 0 bridgehead atoms. The fourth-order valence-electron chi connectivity index (χ4n) is 3.72. The number of benzene rings is 2. The number of nitrogens with zero attached hydrogens (tertiary/aromatic N) is 1. The summed E-state index contributed by atoms with van der Waals surface area (Å²) in [6.07, 6.45) is 6.51. The maximum absolute atomic E-state index is 12.3. The maximum Gasteiger partial charge on any atom is 0.136 e. The minimum Gasteiger partial charge on any atom is -0.299 e. The van der Waals surface area contributed by atoms with Crippen LogP contribution in [0.3, 0.4) is 0 Å². The van der Waals surface area contributed by atoms with E-state index in [-0.39, 0.29) is 5.92 Å². The summed E-state index contributed by atoms with van der Waals surface area (Å²) in [5, 5.41) is 0. The second kappa shape index (κ2) is 9.49. The Balaban J connectivity index is 1.59. The number of hydrogen-bond donors (Lipinski definition) is 0. The van der Waals surface area contributed by atoms with Crippen LogP contribution in [0.5, 0.6) is 0 Å². The van der Waals surface area contributed by atoms with Crippen molar-refractivity contribution < 1.29 is 4.79 Å². The smallest absolute Gasteiger partial charge is 0.136 e. The lowest BCUT2D eigenvalue weighted by Crippen LogP contribution is -2.46. The fourth-order valence-corrected chi connectivity index (χ4v) is 3.72. The molecule has 26 heavy (non-hydrogen) atoms. The molecule has 136 valence electrons. The summed E-state index contributed by atoms with van der Waals surface area (Å²) in [6.45, 7) is 5.62. The highest BCUT2D eigenvalue weighted by Gasteiger charge is 2.37. The van der Waals surface area contributed by atoms with Gasteiger partial charge in [0.1, 0.15) is 5.78 Å². The summed E-state index contributed by atoms with van der Waals surface area (Å²) >= 11 is 0. The quantitative estimate of drug-likeness (QED) is 0.424. The highest BCUT2D eigenvalue weighted by atomic mass is 16.1. The number of unbranched alkanes of at least 4 members (excludes halogenated alkanes) is 1. The number of carbonyl (C=O) groups excluding carboxylic acids is 1. The Morgan fingerprint density at radius 3 is 2.00 bits per heavy atom. The van der Waals surface area contributed by atoms with Crippen LogP contribution in [0.1, 0.15) is 43.2 Å². The molecule has 0 aliphatic heterocycles. The van der Waals surface area contributed by atoms with Crippen molar-refractivity contribution in [3.05, 3.63) is 84.4 Å². The first kappa shape index (κ1) is 18.6. The van der Waals surface area contributed by atoms with Crippen molar-refractivity contribution in [2.24, 2.45) is 5.92 Å². The van der Waals surface area contributed by atoms with Gasteiger partial charge in [0.25, 0.3) is 0 Å². The van der Waals surface area contributed by atoms with Crippen molar-refractivity contribution in [3.8, 4) is 0 Å². The van der Waals surface area contributed by atoms with E-state index < -0.39 is 0 Å². The van der Waals surface area contributed by atoms with Crippen molar-refractivity contribution in [2.45, 2.75) is 51.2 Å². The van der Waals surface area contributed by atoms with E-state index in [0.29, 0.717) is 18.2 Å². The number of allylic oxidation sites excluding steroid dienone is 1. The van der Waals surface area contributed by atoms with Crippen LogP contribution >= 0.6 is 0 Å². The molecule has 0 N–H and O–H groups in total. The summed E-state index contributed by atoms with van der Waals surface area (Å²) in [7, 11) is 0. The highest BCUT2D eigenvalue weighted by molar-refractivity contribution is 5.82. The molecule has 1 aliphatic carbocycles. The van der Waals surface area contributed by atoms with Crippen molar-refractivity contribution in [3.63, 3.8) is 0 Å². The molecule has 0 aromatic heterocycles. The normalized spacial score (nSPS) is 19.1. The third kappa shape index (κ3) is 5.15. The number of Topliss-reactive ketones (excluding diaryl/α,β-unsaturated/α-hetero) is 1. The van der Waals surface area contributed by atoms with Gasteiger partial charge in [0.05, 0.1) is 0 Å². The predicted molar refractivity (Wildman–Crippen MR) is 108 cm³/mol. The zero-order valence-corrected chi connectivity index (χ0v) is 15.5. The summed E-state index contributed by atoms with van der Waals surface area (Å²) in [6, 6.07) is 21.8. The standard InChI is InChI=1S/C24H29NO/c1-2-3-6-15-24(26)22-16-23(17-22)25(18-20-11-7-4-8-12-20)19-21-13-9-5-10-14-21/h2,4-5,7-14,22-23H,1,3,6,15-19H2/t22-,23+. The molecule has 0 saturated heterocycles. The Hall–Kier alpha value is -2.19. The van der Waals surface area contributed by atoms with Gasteiger partial charge in [0.15, 0.2) is 0 Å². The van der Waals surface area contributed by atoms with Crippen LogP contribution in [0.15, 0.2) is 73.3 Å². The largest absolute Gasteiger partial charge is 0.299 e. The van der Waals surface area contributed by atoms with Crippen molar-refractivity contribution in [1.29, 1.82) is 0 Å². The van der Waals surface area contributed by atoms with Gasteiger partial charge in [0.2, 0.25) is 0 Å². The van der Waals surface area contributed by atoms with Gasteiger partial charge in [-0.25, -0.2) is 0 Å². The molecule has 2 aromatic rings. The fraction of sp³-hybridized carbons (Fsp3) is 0.375. The summed E-state index contributed by atoms with van der Waals surface area (Å²) in [4.78, 5) is 14.9. The summed E-state index contributed by atoms with van der Waals surface area (Å²) < 4.78 is 0. The van der Waals surface area contributed by atoms with Gasteiger partial charge in [-0.15, -0.1) is 6.58 Å². The molecule has 0 atom stereocenters. The zero-order valence-electron chi connectivity index (χ0n) is 15.5. The molecule has 1 saturated carbocycles. The SMILES string of the molecule is C=CCCCC(=O)[C@H]1C[C@@H](N(Cc2ccccc2)Cc2ccccc2)C1. The van der Waals surface area contributed by atoms with Gasteiger partial charge < -0.3 is 0 Å². The van der Waals surface area contributed by atoms with Crippen LogP contribution in [0.2, 0.25) is 0 Å². The monoisotopic (exact) mass is 347 g/mol. The molecule has 0 amide bonds. The molecule has 2 aromatic carbocycles. The Labute approximate surface area is 157 Å². The van der Waals surface area contributed by atoms with Gasteiger partial charge in [0, 0.05) is 31.5 Å². The molecule has 0 spiro atoms.